The van der Waals surface area contributed by atoms with Crippen molar-refractivity contribution in [2.45, 2.75) is 0 Å². The third-order valence-electron chi connectivity index (χ3n) is 2.22. The Labute approximate surface area is 121 Å². The van der Waals surface area contributed by atoms with E-state index >= 15 is 0 Å². The van der Waals surface area contributed by atoms with Crippen molar-refractivity contribution in [3.8, 4) is 5.75 Å². The number of hydrogen-bond donors (Lipinski definition) is 1. The molecule has 1 N–H and O–H groups in total. The van der Waals surface area contributed by atoms with Crippen LogP contribution in [0.1, 0.15) is 0 Å². The van der Waals surface area contributed by atoms with E-state index in [1.165, 1.54) is 19.2 Å². The number of nitrogens with zero attached hydrogens (tertiary/aromatic N) is 1. The minimum absolute atomic E-state index is 0.347. The standard InChI is InChI=1S/C12H9Br2FN2O/c1-18-11-5-8(15)2-3-10(11)17-12-9(14)4-7(13)6-16-12/h2-6H,1H3,(H,16,17). The van der Waals surface area contributed by atoms with Crippen molar-refractivity contribution < 1.29 is 9.13 Å². The van der Waals surface area contributed by atoms with Gasteiger partial charge >= 0.3 is 0 Å². The fraction of sp³-hybridized carbons (Fsp3) is 0.0833. The first-order valence-electron chi connectivity index (χ1n) is 5.02. The zero-order valence-electron chi connectivity index (χ0n) is 9.38. The normalized spacial score (nSPS) is 10.2. The number of aromatic nitrogens is 1. The van der Waals surface area contributed by atoms with Crippen LogP contribution in [0.3, 0.4) is 0 Å². The van der Waals surface area contributed by atoms with Gasteiger partial charge in [-0.1, -0.05) is 0 Å². The van der Waals surface area contributed by atoms with Crippen LogP contribution in [0.2, 0.25) is 0 Å². The highest BCUT2D eigenvalue weighted by Gasteiger charge is 2.08. The number of nitrogens with one attached hydrogen (secondary N) is 1. The van der Waals surface area contributed by atoms with Gasteiger partial charge in [0.2, 0.25) is 0 Å². The number of anilines is 2. The van der Waals surface area contributed by atoms with E-state index in [0.29, 0.717) is 17.3 Å². The number of pyridine rings is 1. The van der Waals surface area contributed by atoms with E-state index in [9.17, 15) is 4.39 Å². The quantitative estimate of drug-likeness (QED) is 0.857. The topological polar surface area (TPSA) is 34.1 Å². The van der Waals surface area contributed by atoms with Gasteiger partial charge in [0.15, 0.2) is 0 Å². The summed E-state index contributed by atoms with van der Waals surface area (Å²) < 4.78 is 19.8. The van der Waals surface area contributed by atoms with Gasteiger partial charge in [-0.15, -0.1) is 0 Å². The third kappa shape index (κ3) is 3.00. The van der Waals surface area contributed by atoms with Crippen molar-refractivity contribution in [2.75, 3.05) is 12.4 Å². The minimum atomic E-state index is -0.347. The summed E-state index contributed by atoms with van der Waals surface area (Å²) in [5.41, 5.74) is 0.648. The lowest BCUT2D eigenvalue weighted by Crippen LogP contribution is -1.98. The van der Waals surface area contributed by atoms with Crippen LogP contribution in [0.25, 0.3) is 0 Å². The van der Waals surface area contributed by atoms with E-state index in [1.807, 2.05) is 6.07 Å². The van der Waals surface area contributed by atoms with Crippen LogP contribution in [0.15, 0.2) is 39.4 Å². The van der Waals surface area contributed by atoms with Crippen LogP contribution >= 0.6 is 31.9 Å². The molecular formula is C12H9Br2FN2O. The van der Waals surface area contributed by atoms with Crippen molar-refractivity contribution in [3.63, 3.8) is 0 Å². The zero-order valence-corrected chi connectivity index (χ0v) is 12.5. The third-order valence-corrected chi connectivity index (χ3v) is 3.26. The molecule has 0 radical (unpaired) electrons. The summed E-state index contributed by atoms with van der Waals surface area (Å²) in [4.78, 5) is 4.22. The molecule has 0 bridgehead atoms. The summed E-state index contributed by atoms with van der Waals surface area (Å²) in [5.74, 6) is 0.704. The number of ether oxygens (including phenoxy) is 1. The number of halogens is 3. The highest BCUT2D eigenvalue weighted by Crippen LogP contribution is 2.31. The van der Waals surface area contributed by atoms with Gasteiger partial charge in [-0.25, -0.2) is 9.37 Å². The molecule has 0 saturated carbocycles. The number of rotatable bonds is 3. The van der Waals surface area contributed by atoms with Crippen molar-refractivity contribution >= 4 is 43.4 Å². The maximum absolute atomic E-state index is 13.1. The SMILES string of the molecule is COc1cc(F)ccc1Nc1ncc(Br)cc1Br. The Bertz CT molecular complexity index is 578. The maximum Gasteiger partial charge on any atom is 0.145 e. The number of hydrogen-bond acceptors (Lipinski definition) is 3. The molecule has 0 saturated heterocycles. The summed E-state index contributed by atoms with van der Waals surface area (Å²) in [5, 5.41) is 3.08. The summed E-state index contributed by atoms with van der Waals surface area (Å²) in [6.07, 6.45) is 1.67. The van der Waals surface area contributed by atoms with E-state index in [-0.39, 0.29) is 5.82 Å². The van der Waals surface area contributed by atoms with E-state index < -0.39 is 0 Å². The Morgan fingerprint density at radius 2 is 2.06 bits per heavy atom. The Morgan fingerprint density at radius 3 is 2.72 bits per heavy atom. The number of methoxy groups -OCH3 is 1. The average molecular weight is 376 g/mol. The lowest BCUT2D eigenvalue weighted by atomic mass is 10.3. The second kappa shape index (κ2) is 5.67. The molecule has 2 aromatic rings. The highest BCUT2D eigenvalue weighted by molar-refractivity contribution is 9.11. The largest absolute Gasteiger partial charge is 0.494 e. The summed E-state index contributed by atoms with van der Waals surface area (Å²) in [6.45, 7) is 0. The molecule has 1 aromatic carbocycles. The molecule has 0 atom stereocenters. The molecule has 18 heavy (non-hydrogen) atoms. The first-order valence-corrected chi connectivity index (χ1v) is 6.60. The molecule has 0 fully saturated rings. The van der Waals surface area contributed by atoms with Gasteiger partial charge in [0.1, 0.15) is 17.4 Å². The van der Waals surface area contributed by atoms with Crippen molar-refractivity contribution in [3.05, 3.63) is 45.2 Å². The molecular weight excluding hydrogens is 367 g/mol. The number of benzene rings is 1. The summed E-state index contributed by atoms with van der Waals surface area (Å²) in [7, 11) is 1.49. The molecule has 3 nitrogen and oxygen atoms in total. The van der Waals surface area contributed by atoms with E-state index in [2.05, 4.69) is 42.2 Å². The van der Waals surface area contributed by atoms with Crippen LogP contribution in [0, 0.1) is 5.82 Å². The molecule has 1 aromatic heterocycles. The molecule has 2 rings (SSSR count). The molecule has 0 spiro atoms. The Morgan fingerprint density at radius 1 is 1.28 bits per heavy atom. The average Bonchev–Trinajstić information content (AvgIpc) is 2.34. The van der Waals surface area contributed by atoms with Crippen LogP contribution in [-0.2, 0) is 0 Å². The summed E-state index contributed by atoms with van der Waals surface area (Å²) in [6, 6.07) is 6.14. The second-order valence-electron chi connectivity index (χ2n) is 3.45. The van der Waals surface area contributed by atoms with Gasteiger partial charge in [0.25, 0.3) is 0 Å². The first kappa shape index (κ1) is 13.3. The first-order chi connectivity index (χ1) is 8.60. The van der Waals surface area contributed by atoms with Crippen LogP contribution in [-0.4, -0.2) is 12.1 Å². The monoisotopic (exact) mass is 374 g/mol. The highest BCUT2D eigenvalue weighted by atomic mass is 79.9. The van der Waals surface area contributed by atoms with Gasteiger partial charge in [0.05, 0.1) is 17.3 Å². The lowest BCUT2D eigenvalue weighted by Gasteiger charge is -2.11. The maximum atomic E-state index is 13.1. The van der Waals surface area contributed by atoms with E-state index in [1.54, 1.807) is 12.3 Å². The summed E-state index contributed by atoms with van der Waals surface area (Å²) >= 11 is 6.72. The van der Waals surface area contributed by atoms with Crippen LogP contribution < -0.4 is 10.1 Å². The predicted octanol–water partition coefficient (Wildman–Crippen LogP) is 4.50. The Kier molecular flexibility index (Phi) is 4.19. The smallest absolute Gasteiger partial charge is 0.145 e. The van der Waals surface area contributed by atoms with Gasteiger partial charge in [-0.3, -0.25) is 0 Å². The van der Waals surface area contributed by atoms with Crippen LogP contribution in [0.4, 0.5) is 15.9 Å². The molecule has 0 aliphatic heterocycles. The van der Waals surface area contributed by atoms with Gasteiger partial charge in [-0.05, 0) is 50.1 Å². The van der Waals surface area contributed by atoms with Crippen molar-refractivity contribution in [1.82, 2.24) is 4.98 Å². The fourth-order valence-corrected chi connectivity index (χ4v) is 2.49. The van der Waals surface area contributed by atoms with E-state index in [4.69, 9.17) is 4.74 Å². The van der Waals surface area contributed by atoms with E-state index in [0.717, 1.165) is 8.95 Å². The molecule has 1 heterocycles. The predicted molar refractivity (Wildman–Crippen MR) is 75.9 cm³/mol. The molecule has 0 aliphatic carbocycles. The molecule has 94 valence electrons. The van der Waals surface area contributed by atoms with Crippen molar-refractivity contribution in [2.24, 2.45) is 0 Å². The fourth-order valence-electron chi connectivity index (χ4n) is 1.40. The van der Waals surface area contributed by atoms with Crippen molar-refractivity contribution in [1.29, 1.82) is 0 Å². The molecule has 6 heteroatoms. The van der Waals surface area contributed by atoms with Gasteiger partial charge in [-0.2, -0.15) is 0 Å². The Balaban J connectivity index is 2.33. The van der Waals surface area contributed by atoms with Gasteiger partial charge in [0, 0.05) is 16.7 Å². The Hall–Kier alpha value is -1.14. The molecule has 0 aliphatic rings. The lowest BCUT2D eigenvalue weighted by molar-refractivity contribution is 0.413. The van der Waals surface area contributed by atoms with Crippen LogP contribution in [0.5, 0.6) is 5.75 Å². The minimum Gasteiger partial charge on any atom is -0.494 e. The van der Waals surface area contributed by atoms with Gasteiger partial charge < -0.3 is 10.1 Å². The molecule has 0 amide bonds. The molecule has 0 unspecified atom stereocenters. The second-order valence-corrected chi connectivity index (χ2v) is 5.22. The zero-order chi connectivity index (χ0) is 13.1.